The molecule has 4 rings (SSSR count). The zero-order valence-corrected chi connectivity index (χ0v) is 19.7. The minimum Gasteiger partial charge on any atom is -0.487 e. The van der Waals surface area contributed by atoms with Crippen LogP contribution in [0.15, 0.2) is 41.7 Å². The fourth-order valence-corrected chi connectivity index (χ4v) is 4.41. The van der Waals surface area contributed by atoms with Crippen LogP contribution in [0.2, 0.25) is 0 Å². The van der Waals surface area contributed by atoms with Gasteiger partial charge in [-0.25, -0.2) is 0 Å². The molecule has 1 spiro atoms. The zero-order chi connectivity index (χ0) is 19.4. The zero-order valence-electron chi connectivity index (χ0n) is 17.4. The lowest BCUT2D eigenvalue weighted by Gasteiger charge is -2.40. The van der Waals surface area contributed by atoms with Gasteiger partial charge in [-0.2, -0.15) is 5.10 Å². The number of aryl methyl sites for hydroxylation is 1. The molecule has 29 heavy (non-hydrogen) atoms. The summed E-state index contributed by atoms with van der Waals surface area (Å²) in [6.07, 6.45) is 9.73. The summed E-state index contributed by atoms with van der Waals surface area (Å²) in [4.78, 5) is 4.79. The Kier molecular flexibility index (Phi) is 7.43. The van der Waals surface area contributed by atoms with E-state index in [1.807, 2.05) is 10.9 Å². The third kappa shape index (κ3) is 5.24. The van der Waals surface area contributed by atoms with E-state index >= 15 is 0 Å². The molecule has 0 bridgehead atoms. The van der Waals surface area contributed by atoms with Crippen molar-refractivity contribution < 1.29 is 4.74 Å². The van der Waals surface area contributed by atoms with E-state index in [0.29, 0.717) is 6.54 Å². The van der Waals surface area contributed by atoms with Crippen LogP contribution < -0.4 is 15.4 Å². The average molecular weight is 509 g/mol. The highest BCUT2D eigenvalue weighted by Crippen LogP contribution is 2.46. The quantitative estimate of drug-likeness (QED) is 0.361. The van der Waals surface area contributed by atoms with Crippen LogP contribution in [0.3, 0.4) is 0 Å². The molecule has 0 radical (unpaired) electrons. The van der Waals surface area contributed by atoms with Gasteiger partial charge in [0.05, 0.1) is 25.3 Å². The number of rotatable bonds is 5. The maximum absolute atomic E-state index is 6.48. The van der Waals surface area contributed by atoms with E-state index in [0.717, 1.165) is 44.1 Å². The van der Waals surface area contributed by atoms with Crippen molar-refractivity contribution in [2.75, 3.05) is 13.1 Å². The highest BCUT2D eigenvalue weighted by molar-refractivity contribution is 14.0. The Hall–Kier alpha value is -1.77. The number of para-hydroxylation sites is 1. The molecule has 1 unspecified atom stereocenters. The lowest BCUT2D eigenvalue weighted by Crippen LogP contribution is -2.46. The van der Waals surface area contributed by atoms with Crippen molar-refractivity contribution in [1.82, 2.24) is 20.4 Å². The van der Waals surface area contributed by atoms with E-state index in [1.54, 1.807) is 0 Å². The summed E-state index contributed by atoms with van der Waals surface area (Å²) in [5.41, 5.74) is 2.39. The molecule has 1 fully saturated rings. The van der Waals surface area contributed by atoms with Crippen LogP contribution >= 0.6 is 24.0 Å². The predicted molar refractivity (Wildman–Crippen MR) is 127 cm³/mol. The van der Waals surface area contributed by atoms with Crippen LogP contribution in [-0.4, -0.2) is 34.4 Å². The molecule has 158 valence electrons. The second-order valence-electron chi connectivity index (χ2n) is 7.97. The predicted octanol–water partition coefficient (Wildman–Crippen LogP) is 4.20. The van der Waals surface area contributed by atoms with Crippen LogP contribution in [0.4, 0.5) is 0 Å². The molecular weight excluding hydrogens is 477 g/mol. The first-order valence-corrected chi connectivity index (χ1v) is 10.5. The number of fused-ring (bicyclic) bond motifs is 1. The summed E-state index contributed by atoms with van der Waals surface area (Å²) in [6, 6.07) is 8.65. The average Bonchev–Trinajstić information content (AvgIpc) is 3.31. The van der Waals surface area contributed by atoms with Crippen molar-refractivity contribution in [3.8, 4) is 5.75 Å². The van der Waals surface area contributed by atoms with Gasteiger partial charge in [-0.3, -0.25) is 9.67 Å². The number of benzene rings is 1. The van der Waals surface area contributed by atoms with Gasteiger partial charge >= 0.3 is 0 Å². The molecular formula is C22H32IN5O. The Morgan fingerprint density at radius 1 is 1.31 bits per heavy atom. The summed E-state index contributed by atoms with van der Waals surface area (Å²) in [5.74, 6) is 1.89. The summed E-state index contributed by atoms with van der Waals surface area (Å²) in [5, 5.41) is 11.4. The van der Waals surface area contributed by atoms with Crippen molar-refractivity contribution in [2.45, 2.75) is 64.1 Å². The van der Waals surface area contributed by atoms with Crippen LogP contribution in [0, 0.1) is 6.92 Å². The molecule has 7 heteroatoms. The standard InChI is InChI=1S/C22H31N5O.HI/c1-3-23-21(24-12-13-27-16-17(2)15-25-27)26-19-14-22(10-6-7-11-22)28-20-9-5-4-8-18(19)20;/h4-5,8-9,15-16,19H,3,6-7,10-14H2,1-2H3,(H2,23,24,26);1H. The van der Waals surface area contributed by atoms with Crippen molar-refractivity contribution in [2.24, 2.45) is 4.99 Å². The van der Waals surface area contributed by atoms with Gasteiger partial charge in [-0.05, 0) is 51.2 Å². The fraction of sp³-hybridized carbons (Fsp3) is 0.545. The maximum Gasteiger partial charge on any atom is 0.191 e. The number of guanidine groups is 1. The van der Waals surface area contributed by atoms with E-state index in [4.69, 9.17) is 9.73 Å². The normalized spacial score (nSPS) is 19.9. The van der Waals surface area contributed by atoms with Crippen LogP contribution in [0.5, 0.6) is 5.75 Å². The second-order valence-corrected chi connectivity index (χ2v) is 7.97. The summed E-state index contributed by atoms with van der Waals surface area (Å²) in [6.45, 7) is 6.46. The molecule has 1 atom stereocenters. The Morgan fingerprint density at radius 2 is 2.10 bits per heavy atom. The third-order valence-electron chi connectivity index (χ3n) is 5.73. The minimum atomic E-state index is -0.0179. The number of aromatic nitrogens is 2. The number of hydrogen-bond acceptors (Lipinski definition) is 3. The summed E-state index contributed by atoms with van der Waals surface area (Å²) in [7, 11) is 0. The monoisotopic (exact) mass is 509 g/mol. The topological polar surface area (TPSA) is 63.5 Å². The smallest absolute Gasteiger partial charge is 0.191 e. The van der Waals surface area contributed by atoms with Gasteiger partial charge in [0, 0.05) is 24.7 Å². The van der Waals surface area contributed by atoms with Gasteiger partial charge < -0.3 is 15.4 Å². The number of nitrogens with one attached hydrogen (secondary N) is 2. The molecule has 1 aromatic heterocycles. The first kappa shape index (κ1) is 21.9. The molecule has 0 saturated heterocycles. The Balaban J connectivity index is 0.00000240. The van der Waals surface area contributed by atoms with E-state index in [2.05, 4.69) is 60.0 Å². The van der Waals surface area contributed by atoms with Crippen molar-refractivity contribution in [1.29, 1.82) is 0 Å². The van der Waals surface area contributed by atoms with E-state index in [1.165, 1.54) is 24.0 Å². The van der Waals surface area contributed by atoms with Gasteiger partial charge in [0.25, 0.3) is 0 Å². The van der Waals surface area contributed by atoms with Crippen LogP contribution in [0.25, 0.3) is 0 Å². The van der Waals surface area contributed by atoms with E-state index in [9.17, 15) is 0 Å². The summed E-state index contributed by atoms with van der Waals surface area (Å²) < 4.78 is 8.43. The molecule has 0 amide bonds. The van der Waals surface area contributed by atoms with Crippen LogP contribution in [-0.2, 0) is 6.54 Å². The fourth-order valence-electron chi connectivity index (χ4n) is 4.41. The van der Waals surface area contributed by atoms with Crippen molar-refractivity contribution in [3.05, 3.63) is 47.8 Å². The molecule has 2 aromatic rings. The summed E-state index contributed by atoms with van der Waals surface area (Å²) >= 11 is 0. The highest BCUT2D eigenvalue weighted by Gasteiger charge is 2.43. The first-order chi connectivity index (χ1) is 13.7. The number of aliphatic imine (C=N–C) groups is 1. The number of ether oxygens (including phenoxy) is 1. The Labute approximate surface area is 190 Å². The van der Waals surface area contributed by atoms with Gasteiger partial charge in [-0.1, -0.05) is 18.2 Å². The third-order valence-corrected chi connectivity index (χ3v) is 5.73. The number of halogens is 1. The van der Waals surface area contributed by atoms with Crippen molar-refractivity contribution >= 4 is 29.9 Å². The lowest BCUT2D eigenvalue weighted by molar-refractivity contribution is 0.0396. The molecule has 1 aliphatic carbocycles. The maximum atomic E-state index is 6.48. The molecule has 1 aliphatic heterocycles. The molecule has 2 N–H and O–H groups in total. The van der Waals surface area contributed by atoms with Gasteiger partial charge in [-0.15, -0.1) is 24.0 Å². The number of hydrogen-bond donors (Lipinski definition) is 2. The SMILES string of the molecule is CCNC(=NCCn1cc(C)cn1)NC1CC2(CCCC2)Oc2ccccc21.I. The number of nitrogens with zero attached hydrogens (tertiary/aromatic N) is 3. The molecule has 2 heterocycles. The highest BCUT2D eigenvalue weighted by atomic mass is 127. The van der Waals surface area contributed by atoms with Gasteiger partial charge in [0.2, 0.25) is 0 Å². The van der Waals surface area contributed by atoms with Crippen LogP contribution in [0.1, 0.15) is 56.2 Å². The first-order valence-electron chi connectivity index (χ1n) is 10.5. The molecule has 1 saturated carbocycles. The Bertz CT molecular complexity index is 828. The minimum absolute atomic E-state index is 0. The second kappa shape index (κ2) is 9.82. The van der Waals surface area contributed by atoms with E-state index < -0.39 is 0 Å². The molecule has 2 aliphatic rings. The largest absolute Gasteiger partial charge is 0.487 e. The van der Waals surface area contributed by atoms with Gasteiger partial charge in [0.15, 0.2) is 5.96 Å². The molecule has 1 aromatic carbocycles. The Morgan fingerprint density at radius 3 is 2.83 bits per heavy atom. The van der Waals surface area contributed by atoms with Crippen molar-refractivity contribution in [3.63, 3.8) is 0 Å². The lowest BCUT2D eigenvalue weighted by atomic mass is 9.86. The van der Waals surface area contributed by atoms with E-state index in [-0.39, 0.29) is 35.6 Å². The van der Waals surface area contributed by atoms with Gasteiger partial charge in [0.1, 0.15) is 11.4 Å². The molecule has 6 nitrogen and oxygen atoms in total.